The first-order chi connectivity index (χ1) is 11.1. The van der Waals surface area contributed by atoms with E-state index in [0.717, 1.165) is 24.0 Å². The lowest BCUT2D eigenvalue weighted by atomic mass is 10.1. The molecule has 1 heterocycles. The third-order valence-electron chi connectivity index (χ3n) is 4.29. The number of carbonyl (C=O) groups is 1. The molecule has 2 rings (SSSR count). The molecule has 23 heavy (non-hydrogen) atoms. The summed E-state index contributed by atoms with van der Waals surface area (Å²) in [4.78, 5) is 14.5. The summed E-state index contributed by atoms with van der Waals surface area (Å²) in [6.07, 6.45) is 3.23. The zero-order valence-electron chi connectivity index (χ0n) is 14.1. The molecule has 0 aromatic heterocycles. The molecule has 1 aliphatic heterocycles. The molecule has 0 radical (unpaired) electrons. The van der Waals surface area contributed by atoms with Gasteiger partial charge >= 0.3 is 6.03 Å². The summed E-state index contributed by atoms with van der Waals surface area (Å²) in [6.45, 7) is 8.49. The van der Waals surface area contributed by atoms with Crippen molar-refractivity contribution in [3.05, 3.63) is 34.3 Å². The predicted molar refractivity (Wildman–Crippen MR) is 98.7 cm³/mol. The number of amides is 2. The lowest BCUT2D eigenvalue weighted by Gasteiger charge is -2.17. The largest absolute Gasteiger partial charge is 0.338 e. The summed E-state index contributed by atoms with van der Waals surface area (Å²) >= 11 is 3.44. The Kier molecular flexibility index (Phi) is 7.37. The van der Waals surface area contributed by atoms with Crippen LogP contribution in [-0.4, -0.2) is 43.2 Å². The van der Waals surface area contributed by atoms with Gasteiger partial charge in [-0.25, -0.2) is 4.79 Å². The van der Waals surface area contributed by atoms with E-state index in [0.29, 0.717) is 5.92 Å². The van der Waals surface area contributed by atoms with Crippen molar-refractivity contribution in [3.8, 4) is 0 Å². The second-order valence-corrected chi connectivity index (χ2v) is 7.46. The Labute approximate surface area is 148 Å². The van der Waals surface area contributed by atoms with E-state index < -0.39 is 0 Å². The van der Waals surface area contributed by atoms with E-state index in [1.165, 1.54) is 31.5 Å². The normalized spacial score (nSPS) is 19.5. The van der Waals surface area contributed by atoms with Gasteiger partial charge in [0.15, 0.2) is 0 Å². The van der Waals surface area contributed by atoms with Crippen LogP contribution in [0.15, 0.2) is 28.7 Å². The first kappa shape index (κ1) is 18.3. The molecule has 0 aliphatic carbocycles. The van der Waals surface area contributed by atoms with E-state index in [-0.39, 0.29) is 12.1 Å². The summed E-state index contributed by atoms with van der Waals surface area (Å²) in [5.41, 5.74) is 1.23. The maximum Gasteiger partial charge on any atom is 0.315 e. The van der Waals surface area contributed by atoms with Crippen molar-refractivity contribution >= 4 is 22.0 Å². The molecule has 5 heteroatoms. The lowest BCUT2D eigenvalue weighted by molar-refractivity contribution is 0.235. The number of benzene rings is 1. The number of hydrogen-bond donors (Lipinski definition) is 2. The number of hydrogen-bond acceptors (Lipinski definition) is 2. The van der Waals surface area contributed by atoms with Crippen LogP contribution in [0.1, 0.15) is 32.3 Å². The minimum Gasteiger partial charge on any atom is -0.338 e. The van der Waals surface area contributed by atoms with Crippen molar-refractivity contribution in [1.29, 1.82) is 0 Å². The van der Waals surface area contributed by atoms with Crippen molar-refractivity contribution in [1.82, 2.24) is 15.5 Å². The van der Waals surface area contributed by atoms with Crippen LogP contribution in [0, 0.1) is 5.92 Å². The highest BCUT2D eigenvalue weighted by Gasteiger charge is 2.22. The standard InChI is InChI=1S/C18H28BrN3O/c1-3-9-22-10-8-16(13-22)12-20-18(23)21-14(2)11-15-4-6-17(19)7-5-15/h4-7,14,16H,3,8-13H2,1-2H3,(H2,20,21,23)/t14-,16+/m0/s1. The number of nitrogens with zero attached hydrogens (tertiary/aromatic N) is 1. The maximum atomic E-state index is 12.0. The molecule has 0 unspecified atom stereocenters. The Morgan fingerprint density at radius 1 is 1.39 bits per heavy atom. The molecule has 1 aliphatic rings. The van der Waals surface area contributed by atoms with Crippen LogP contribution in [0.2, 0.25) is 0 Å². The van der Waals surface area contributed by atoms with E-state index >= 15 is 0 Å². The molecule has 1 aromatic carbocycles. The quantitative estimate of drug-likeness (QED) is 0.759. The first-order valence-electron chi connectivity index (χ1n) is 8.58. The van der Waals surface area contributed by atoms with Crippen LogP contribution in [0.3, 0.4) is 0 Å². The van der Waals surface area contributed by atoms with Gasteiger partial charge < -0.3 is 15.5 Å². The highest BCUT2D eigenvalue weighted by molar-refractivity contribution is 9.10. The van der Waals surface area contributed by atoms with Gasteiger partial charge in [0.1, 0.15) is 0 Å². The van der Waals surface area contributed by atoms with Gasteiger partial charge in [-0.15, -0.1) is 0 Å². The average molecular weight is 382 g/mol. The van der Waals surface area contributed by atoms with Crippen LogP contribution in [0.4, 0.5) is 4.79 Å². The van der Waals surface area contributed by atoms with E-state index in [1.54, 1.807) is 0 Å². The Morgan fingerprint density at radius 3 is 2.83 bits per heavy atom. The topological polar surface area (TPSA) is 44.4 Å². The molecule has 2 N–H and O–H groups in total. The third kappa shape index (κ3) is 6.51. The summed E-state index contributed by atoms with van der Waals surface area (Å²) in [5, 5.41) is 6.06. The predicted octanol–water partition coefficient (Wildman–Crippen LogP) is 3.41. The van der Waals surface area contributed by atoms with Crippen LogP contribution in [-0.2, 0) is 6.42 Å². The second-order valence-electron chi connectivity index (χ2n) is 6.54. The van der Waals surface area contributed by atoms with Gasteiger partial charge in [-0.3, -0.25) is 0 Å². The van der Waals surface area contributed by atoms with Gasteiger partial charge in [-0.1, -0.05) is 35.0 Å². The van der Waals surface area contributed by atoms with Crippen molar-refractivity contribution < 1.29 is 4.79 Å². The fourth-order valence-electron chi connectivity index (χ4n) is 3.14. The van der Waals surface area contributed by atoms with Crippen LogP contribution in [0.25, 0.3) is 0 Å². The number of nitrogens with one attached hydrogen (secondary N) is 2. The minimum atomic E-state index is -0.0523. The van der Waals surface area contributed by atoms with Gasteiger partial charge in [0, 0.05) is 23.6 Å². The zero-order valence-corrected chi connectivity index (χ0v) is 15.7. The van der Waals surface area contributed by atoms with E-state index in [2.05, 4.69) is 50.5 Å². The summed E-state index contributed by atoms with van der Waals surface area (Å²) in [5.74, 6) is 0.592. The number of urea groups is 1. The van der Waals surface area contributed by atoms with Crippen molar-refractivity contribution in [2.45, 2.75) is 39.2 Å². The molecular formula is C18H28BrN3O. The Hall–Kier alpha value is -1.07. The molecule has 4 nitrogen and oxygen atoms in total. The smallest absolute Gasteiger partial charge is 0.315 e. The molecule has 2 amide bonds. The molecule has 1 fully saturated rings. The fraction of sp³-hybridized carbons (Fsp3) is 0.611. The van der Waals surface area contributed by atoms with Crippen molar-refractivity contribution in [2.24, 2.45) is 5.92 Å². The van der Waals surface area contributed by atoms with Gasteiger partial charge in [0.05, 0.1) is 0 Å². The van der Waals surface area contributed by atoms with E-state index in [4.69, 9.17) is 0 Å². The third-order valence-corrected chi connectivity index (χ3v) is 4.82. The number of halogens is 1. The highest BCUT2D eigenvalue weighted by atomic mass is 79.9. The Morgan fingerprint density at radius 2 is 2.13 bits per heavy atom. The number of carbonyl (C=O) groups excluding carboxylic acids is 1. The van der Waals surface area contributed by atoms with E-state index in [9.17, 15) is 4.79 Å². The fourth-order valence-corrected chi connectivity index (χ4v) is 3.40. The molecule has 0 bridgehead atoms. The minimum absolute atomic E-state index is 0.0523. The Balaban J connectivity index is 1.65. The molecular weight excluding hydrogens is 354 g/mol. The average Bonchev–Trinajstić information content (AvgIpc) is 2.95. The molecule has 0 saturated carbocycles. The summed E-state index contributed by atoms with van der Waals surface area (Å²) in [7, 11) is 0. The van der Waals surface area contributed by atoms with Gasteiger partial charge in [-0.2, -0.15) is 0 Å². The Bertz CT molecular complexity index is 492. The molecule has 0 spiro atoms. The molecule has 1 aromatic rings. The summed E-state index contributed by atoms with van der Waals surface area (Å²) < 4.78 is 1.08. The molecule has 128 valence electrons. The van der Waals surface area contributed by atoms with Crippen LogP contribution in [0.5, 0.6) is 0 Å². The second kappa shape index (κ2) is 9.28. The number of likely N-dealkylation sites (tertiary alicyclic amines) is 1. The SMILES string of the molecule is CCCN1CC[C@H](CNC(=O)N[C@@H](C)Cc2ccc(Br)cc2)C1. The number of rotatable bonds is 7. The van der Waals surface area contributed by atoms with Crippen molar-refractivity contribution in [2.75, 3.05) is 26.2 Å². The summed E-state index contributed by atoms with van der Waals surface area (Å²) in [6, 6.07) is 8.30. The molecule has 2 atom stereocenters. The van der Waals surface area contributed by atoms with Crippen LogP contribution < -0.4 is 10.6 Å². The van der Waals surface area contributed by atoms with E-state index in [1.807, 2.05) is 19.1 Å². The maximum absolute atomic E-state index is 12.0. The lowest BCUT2D eigenvalue weighted by Crippen LogP contribution is -2.43. The first-order valence-corrected chi connectivity index (χ1v) is 9.37. The van der Waals surface area contributed by atoms with Crippen LogP contribution >= 0.6 is 15.9 Å². The highest BCUT2D eigenvalue weighted by Crippen LogP contribution is 2.15. The monoisotopic (exact) mass is 381 g/mol. The van der Waals surface area contributed by atoms with Gasteiger partial charge in [0.2, 0.25) is 0 Å². The zero-order chi connectivity index (χ0) is 16.7. The van der Waals surface area contributed by atoms with Gasteiger partial charge in [0.25, 0.3) is 0 Å². The molecule has 1 saturated heterocycles. The van der Waals surface area contributed by atoms with Crippen molar-refractivity contribution in [3.63, 3.8) is 0 Å². The van der Waals surface area contributed by atoms with Gasteiger partial charge in [-0.05, 0) is 62.9 Å².